The van der Waals surface area contributed by atoms with Gasteiger partial charge in [0.15, 0.2) is 0 Å². The van der Waals surface area contributed by atoms with E-state index in [1.54, 1.807) is 23.5 Å². The SMILES string of the molecule is O=C(CCl)N1N=C(c2cccc(F)c2)CC1c1cccs1. The topological polar surface area (TPSA) is 32.7 Å². The number of nitrogens with zero attached hydrogens (tertiary/aromatic N) is 2. The smallest absolute Gasteiger partial charge is 0.258 e. The number of hydrogen-bond acceptors (Lipinski definition) is 3. The van der Waals surface area contributed by atoms with Crippen molar-refractivity contribution in [3.63, 3.8) is 0 Å². The summed E-state index contributed by atoms with van der Waals surface area (Å²) in [7, 11) is 0. The van der Waals surface area contributed by atoms with E-state index in [1.807, 2.05) is 17.5 Å². The van der Waals surface area contributed by atoms with Crippen LogP contribution >= 0.6 is 22.9 Å². The molecule has 0 bridgehead atoms. The lowest BCUT2D eigenvalue weighted by Gasteiger charge is -2.19. The van der Waals surface area contributed by atoms with Gasteiger partial charge in [0.25, 0.3) is 5.91 Å². The number of carbonyl (C=O) groups excluding carboxylic acids is 1. The van der Waals surface area contributed by atoms with E-state index >= 15 is 0 Å². The van der Waals surface area contributed by atoms with E-state index in [0.29, 0.717) is 17.7 Å². The lowest BCUT2D eigenvalue weighted by molar-refractivity contribution is -0.130. The average Bonchev–Trinajstić information content (AvgIpc) is 3.15. The van der Waals surface area contributed by atoms with Crippen LogP contribution in [0.25, 0.3) is 0 Å². The first-order valence-corrected chi connectivity index (χ1v) is 7.85. The van der Waals surface area contributed by atoms with Crippen molar-refractivity contribution in [1.82, 2.24) is 5.01 Å². The second-order valence-electron chi connectivity index (χ2n) is 4.66. The lowest BCUT2D eigenvalue weighted by Crippen LogP contribution is -2.27. The Morgan fingerprint density at radius 1 is 1.43 bits per heavy atom. The van der Waals surface area contributed by atoms with Gasteiger partial charge in [-0.2, -0.15) is 5.10 Å². The Balaban J connectivity index is 1.95. The third-order valence-electron chi connectivity index (χ3n) is 3.31. The van der Waals surface area contributed by atoms with E-state index in [2.05, 4.69) is 5.10 Å². The second-order valence-corrected chi connectivity index (χ2v) is 5.91. The zero-order valence-corrected chi connectivity index (χ0v) is 12.6. The molecule has 1 aliphatic rings. The molecule has 0 spiro atoms. The largest absolute Gasteiger partial charge is 0.272 e. The van der Waals surface area contributed by atoms with Crippen LogP contribution in [0.2, 0.25) is 0 Å². The van der Waals surface area contributed by atoms with Gasteiger partial charge in [-0.3, -0.25) is 4.79 Å². The van der Waals surface area contributed by atoms with Gasteiger partial charge >= 0.3 is 0 Å². The minimum atomic E-state index is -0.315. The summed E-state index contributed by atoms with van der Waals surface area (Å²) in [6.45, 7) is 0. The number of alkyl halides is 1. The van der Waals surface area contributed by atoms with Gasteiger partial charge in [-0.1, -0.05) is 18.2 Å². The Hall–Kier alpha value is -1.72. The number of halogens is 2. The van der Waals surface area contributed by atoms with Crippen LogP contribution in [-0.4, -0.2) is 22.5 Å². The number of carbonyl (C=O) groups is 1. The minimum Gasteiger partial charge on any atom is -0.272 e. The summed E-state index contributed by atoms with van der Waals surface area (Å²) in [6, 6.07) is 9.99. The molecular formula is C15H12ClFN2OS. The molecule has 0 N–H and O–H groups in total. The molecule has 0 saturated heterocycles. The Morgan fingerprint density at radius 3 is 2.95 bits per heavy atom. The number of amides is 1. The van der Waals surface area contributed by atoms with E-state index in [-0.39, 0.29) is 23.6 Å². The van der Waals surface area contributed by atoms with Gasteiger partial charge in [0, 0.05) is 16.9 Å². The number of hydrogen-bond donors (Lipinski definition) is 0. The zero-order chi connectivity index (χ0) is 14.8. The van der Waals surface area contributed by atoms with Gasteiger partial charge in [-0.25, -0.2) is 9.40 Å². The number of benzene rings is 1. The molecular weight excluding hydrogens is 311 g/mol. The van der Waals surface area contributed by atoms with Crippen LogP contribution in [0.15, 0.2) is 46.9 Å². The highest BCUT2D eigenvalue weighted by Gasteiger charge is 2.33. The van der Waals surface area contributed by atoms with Crippen molar-refractivity contribution in [3.8, 4) is 0 Å². The highest BCUT2D eigenvalue weighted by atomic mass is 35.5. The van der Waals surface area contributed by atoms with Gasteiger partial charge in [0.05, 0.1) is 11.8 Å². The summed E-state index contributed by atoms with van der Waals surface area (Å²) in [5.74, 6) is -0.687. The van der Waals surface area contributed by atoms with Crippen molar-refractivity contribution in [2.75, 3.05) is 5.88 Å². The maximum absolute atomic E-state index is 13.4. The second kappa shape index (κ2) is 5.95. The van der Waals surface area contributed by atoms with Crippen molar-refractivity contribution in [2.24, 2.45) is 5.10 Å². The first kappa shape index (κ1) is 14.2. The van der Waals surface area contributed by atoms with E-state index in [4.69, 9.17) is 11.6 Å². The predicted molar refractivity (Wildman–Crippen MR) is 82.2 cm³/mol. The summed E-state index contributed by atoms with van der Waals surface area (Å²) < 4.78 is 13.4. The van der Waals surface area contributed by atoms with Crippen molar-refractivity contribution < 1.29 is 9.18 Å². The number of thiophene rings is 1. The zero-order valence-electron chi connectivity index (χ0n) is 11.0. The van der Waals surface area contributed by atoms with Crippen LogP contribution in [0.5, 0.6) is 0 Å². The van der Waals surface area contributed by atoms with E-state index in [1.165, 1.54) is 17.1 Å². The fraction of sp³-hybridized carbons (Fsp3) is 0.200. The average molecular weight is 323 g/mol. The van der Waals surface area contributed by atoms with Crippen LogP contribution in [0.3, 0.4) is 0 Å². The molecule has 0 aliphatic carbocycles. The van der Waals surface area contributed by atoms with E-state index < -0.39 is 0 Å². The van der Waals surface area contributed by atoms with Crippen molar-refractivity contribution in [3.05, 3.63) is 58.0 Å². The van der Waals surface area contributed by atoms with Crippen LogP contribution in [-0.2, 0) is 4.79 Å². The van der Waals surface area contributed by atoms with Crippen molar-refractivity contribution in [1.29, 1.82) is 0 Å². The van der Waals surface area contributed by atoms with Crippen LogP contribution < -0.4 is 0 Å². The molecule has 1 unspecified atom stereocenters. The molecule has 1 aromatic carbocycles. The van der Waals surface area contributed by atoms with E-state index in [9.17, 15) is 9.18 Å². The van der Waals surface area contributed by atoms with Crippen LogP contribution in [0.1, 0.15) is 22.9 Å². The van der Waals surface area contributed by atoms with Gasteiger partial charge in [-0.15, -0.1) is 22.9 Å². The highest BCUT2D eigenvalue weighted by Crippen LogP contribution is 2.35. The van der Waals surface area contributed by atoms with Gasteiger partial charge < -0.3 is 0 Å². The first-order chi connectivity index (χ1) is 10.2. The molecule has 2 heterocycles. The number of hydrazone groups is 1. The Morgan fingerprint density at radius 2 is 2.29 bits per heavy atom. The Kier molecular flexibility index (Phi) is 4.03. The molecule has 6 heteroatoms. The standard InChI is InChI=1S/C15H12ClFN2OS/c16-9-15(20)19-13(14-5-2-6-21-14)8-12(18-19)10-3-1-4-11(17)7-10/h1-7,13H,8-9H2. The first-order valence-electron chi connectivity index (χ1n) is 6.44. The van der Waals surface area contributed by atoms with Crippen molar-refractivity contribution in [2.45, 2.75) is 12.5 Å². The molecule has 108 valence electrons. The normalized spacial score (nSPS) is 17.9. The summed E-state index contributed by atoms with van der Waals surface area (Å²) >= 11 is 7.23. The fourth-order valence-electron chi connectivity index (χ4n) is 2.35. The van der Waals surface area contributed by atoms with Gasteiger partial charge in [0.1, 0.15) is 11.7 Å². The maximum Gasteiger partial charge on any atom is 0.258 e. The van der Waals surface area contributed by atoms with Crippen LogP contribution in [0, 0.1) is 5.82 Å². The molecule has 1 aromatic heterocycles. The Bertz CT molecular complexity index is 687. The van der Waals surface area contributed by atoms with Crippen molar-refractivity contribution >= 4 is 34.6 Å². The molecule has 0 radical (unpaired) electrons. The summed E-state index contributed by atoms with van der Waals surface area (Å²) in [4.78, 5) is 13.0. The molecule has 3 rings (SSSR count). The summed E-state index contributed by atoms with van der Waals surface area (Å²) in [6.07, 6.45) is 0.562. The van der Waals surface area contributed by atoms with E-state index in [0.717, 1.165) is 4.88 Å². The Labute approximate surface area is 130 Å². The fourth-order valence-corrected chi connectivity index (χ4v) is 3.28. The molecule has 1 amide bonds. The highest BCUT2D eigenvalue weighted by molar-refractivity contribution is 7.10. The monoisotopic (exact) mass is 322 g/mol. The lowest BCUT2D eigenvalue weighted by atomic mass is 10.0. The third-order valence-corrected chi connectivity index (χ3v) is 4.51. The summed E-state index contributed by atoms with van der Waals surface area (Å²) in [5, 5.41) is 7.74. The predicted octanol–water partition coefficient (Wildman–Crippen LogP) is 3.80. The number of rotatable bonds is 3. The molecule has 0 saturated carbocycles. The maximum atomic E-state index is 13.4. The van der Waals surface area contributed by atoms with Crippen LogP contribution in [0.4, 0.5) is 4.39 Å². The quantitative estimate of drug-likeness (QED) is 0.791. The molecule has 3 nitrogen and oxygen atoms in total. The molecule has 1 aliphatic heterocycles. The molecule has 0 fully saturated rings. The summed E-state index contributed by atoms with van der Waals surface area (Å²) in [5.41, 5.74) is 1.40. The molecule has 21 heavy (non-hydrogen) atoms. The third kappa shape index (κ3) is 2.84. The van der Waals surface area contributed by atoms with Gasteiger partial charge in [-0.05, 0) is 23.6 Å². The molecule has 2 aromatic rings. The molecule has 1 atom stereocenters. The van der Waals surface area contributed by atoms with Gasteiger partial charge in [0.2, 0.25) is 0 Å². The minimum absolute atomic E-state index is 0.123.